The maximum atomic E-state index is 13.0. The lowest BCUT2D eigenvalue weighted by atomic mass is 9.79. The zero-order chi connectivity index (χ0) is 18.1. The first kappa shape index (κ1) is 17.0. The molecule has 2 atom stereocenters. The van der Waals surface area contributed by atoms with E-state index in [1.54, 1.807) is 6.07 Å². The predicted molar refractivity (Wildman–Crippen MR) is 100 cm³/mol. The molecule has 0 saturated carbocycles. The number of carbonyl (C=O) groups excluding carboxylic acids is 1. The zero-order valence-electron chi connectivity index (χ0n) is 14.9. The van der Waals surface area contributed by atoms with Crippen molar-refractivity contribution in [2.45, 2.75) is 24.5 Å². The number of aliphatic hydroxyl groups excluding tert-OH is 1. The Kier molecular flexibility index (Phi) is 4.38. The van der Waals surface area contributed by atoms with Crippen molar-refractivity contribution in [1.82, 2.24) is 15.6 Å². The van der Waals surface area contributed by atoms with Crippen LogP contribution in [0.15, 0.2) is 42.5 Å². The number of hydrogen-bond acceptors (Lipinski definition) is 5. The topological polar surface area (TPSA) is 77.5 Å². The van der Waals surface area contributed by atoms with E-state index >= 15 is 0 Å². The number of amides is 1. The highest BCUT2D eigenvalue weighted by molar-refractivity contribution is 5.93. The summed E-state index contributed by atoms with van der Waals surface area (Å²) < 4.78 is 0. The fourth-order valence-electron chi connectivity index (χ4n) is 3.95. The summed E-state index contributed by atoms with van der Waals surface area (Å²) in [7, 11) is 1.99. The summed E-state index contributed by atoms with van der Waals surface area (Å²) in [5.41, 5.74) is 1.67. The van der Waals surface area contributed by atoms with Crippen LogP contribution in [0.5, 0.6) is 0 Å². The molecule has 2 aliphatic heterocycles. The van der Waals surface area contributed by atoms with Crippen LogP contribution in [0.1, 0.15) is 28.0 Å². The number of hydrogen-bond donors (Lipinski definition) is 3. The minimum atomic E-state index is -0.809. The average Bonchev–Trinajstić information content (AvgIpc) is 3.05. The molecule has 0 aliphatic carbocycles. The van der Waals surface area contributed by atoms with Crippen molar-refractivity contribution in [3.63, 3.8) is 0 Å². The van der Waals surface area contributed by atoms with E-state index in [4.69, 9.17) is 0 Å². The molecule has 0 spiro atoms. The Balaban J connectivity index is 1.66. The van der Waals surface area contributed by atoms with Crippen molar-refractivity contribution in [3.8, 4) is 0 Å². The molecule has 3 heterocycles. The van der Waals surface area contributed by atoms with E-state index in [9.17, 15) is 9.90 Å². The summed E-state index contributed by atoms with van der Waals surface area (Å²) in [6.45, 7) is 2.09. The highest BCUT2D eigenvalue weighted by Gasteiger charge is 2.43. The number of fused-ring (bicyclic) bond motifs is 1. The summed E-state index contributed by atoms with van der Waals surface area (Å²) in [4.78, 5) is 19.7. The molecule has 1 saturated heterocycles. The van der Waals surface area contributed by atoms with Crippen molar-refractivity contribution in [3.05, 3.63) is 59.3 Å². The van der Waals surface area contributed by atoms with Gasteiger partial charge in [0.2, 0.25) is 0 Å². The molecule has 6 heteroatoms. The van der Waals surface area contributed by atoms with Gasteiger partial charge < -0.3 is 20.6 Å². The molecule has 0 unspecified atom stereocenters. The second-order valence-corrected chi connectivity index (χ2v) is 7.11. The molecule has 4 rings (SSSR count). The number of β-amino-alcohol motifs (C(OH)–C–C–N with tert-alkyl or cyclic N) is 1. The van der Waals surface area contributed by atoms with E-state index in [1.807, 2.05) is 43.4 Å². The summed E-state index contributed by atoms with van der Waals surface area (Å²) in [6, 6.07) is 13.5. The minimum absolute atomic E-state index is 0.252. The minimum Gasteiger partial charge on any atom is -0.389 e. The van der Waals surface area contributed by atoms with Crippen LogP contribution in [-0.2, 0) is 12.0 Å². The normalized spacial score (nSPS) is 25.0. The summed E-state index contributed by atoms with van der Waals surface area (Å²) >= 11 is 0. The van der Waals surface area contributed by atoms with Gasteiger partial charge in [-0.05, 0) is 36.6 Å². The van der Waals surface area contributed by atoms with Crippen LogP contribution in [0.3, 0.4) is 0 Å². The van der Waals surface area contributed by atoms with Crippen molar-refractivity contribution in [2.75, 3.05) is 31.6 Å². The molecule has 0 radical (unpaired) electrons. The maximum Gasteiger partial charge on any atom is 0.270 e. The lowest BCUT2D eigenvalue weighted by Gasteiger charge is -2.42. The molecule has 3 N–H and O–H groups in total. The van der Waals surface area contributed by atoms with Crippen LogP contribution in [0.25, 0.3) is 0 Å². The lowest BCUT2D eigenvalue weighted by Crippen LogP contribution is -2.61. The van der Waals surface area contributed by atoms with E-state index in [0.29, 0.717) is 18.7 Å². The number of aromatic nitrogens is 1. The number of piperidine rings is 1. The molecule has 26 heavy (non-hydrogen) atoms. The van der Waals surface area contributed by atoms with Crippen LogP contribution < -0.4 is 15.5 Å². The second-order valence-electron chi connectivity index (χ2n) is 7.11. The fourth-order valence-corrected chi connectivity index (χ4v) is 3.95. The SMILES string of the molecule is CN1CCc2ccc(C(=O)N[C@@]3(c4ccccc4)CCNC[C@H]3O)nc21. The molecule has 1 aromatic carbocycles. The van der Waals surface area contributed by atoms with Gasteiger partial charge in [-0.3, -0.25) is 4.79 Å². The first-order chi connectivity index (χ1) is 12.6. The molecule has 6 nitrogen and oxygen atoms in total. The van der Waals surface area contributed by atoms with Crippen molar-refractivity contribution in [2.24, 2.45) is 0 Å². The molecule has 1 amide bonds. The first-order valence-electron chi connectivity index (χ1n) is 9.08. The van der Waals surface area contributed by atoms with Crippen LogP contribution in [0.2, 0.25) is 0 Å². The molecule has 2 aromatic rings. The smallest absolute Gasteiger partial charge is 0.270 e. The number of carbonyl (C=O) groups is 1. The number of nitrogens with zero attached hydrogens (tertiary/aromatic N) is 2. The van der Waals surface area contributed by atoms with Gasteiger partial charge in [-0.15, -0.1) is 0 Å². The van der Waals surface area contributed by atoms with Gasteiger partial charge in [0, 0.05) is 20.1 Å². The Hall–Kier alpha value is -2.44. The molecular weight excluding hydrogens is 328 g/mol. The second kappa shape index (κ2) is 6.70. The van der Waals surface area contributed by atoms with E-state index in [-0.39, 0.29) is 5.91 Å². The highest BCUT2D eigenvalue weighted by atomic mass is 16.3. The molecule has 1 fully saturated rings. The summed E-state index contributed by atoms with van der Waals surface area (Å²) in [5, 5.41) is 17.1. The van der Waals surface area contributed by atoms with Gasteiger partial charge in [0.15, 0.2) is 0 Å². The number of likely N-dealkylation sites (N-methyl/N-ethyl adjacent to an activating group) is 1. The van der Waals surface area contributed by atoms with Gasteiger partial charge >= 0.3 is 0 Å². The maximum absolute atomic E-state index is 13.0. The van der Waals surface area contributed by atoms with E-state index in [0.717, 1.165) is 30.9 Å². The monoisotopic (exact) mass is 352 g/mol. The standard InChI is InChI=1S/C20H24N4O2/c1-24-12-9-14-7-8-16(22-18(14)24)19(26)23-20(10-11-21-13-17(20)25)15-5-3-2-4-6-15/h2-8,17,21,25H,9-13H2,1H3,(H,23,26)/t17-,20-/m1/s1. The molecule has 2 aliphatic rings. The Morgan fingerprint density at radius 2 is 2.12 bits per heavy atom. The van der Waals surface area contributed by atoms with Gasteiger partial charge in [-0.25, -0.2) is 4.98 Å². The first-order valence-corrected chi connectivity index (χ1v) is 9.08. The number of pyridine rings is 1. The predicted octanol–water partition coefficient (Wildman–Crippen LogP) is 1.05. The number of anilines is 1. The van der Waals surface area contributed by atoms with Crippen molar-refractivity contribution >= 4 is 11.7 Å². The van der Waals surface area contributed by atoms with Gasteiger partial charge in [0.05, 0.1) is 11.6 Å². The average molecular weight is 352 g/mol. The fraction of sp³-hybridized carbons (Fsp3) is 0.400. The Bertz CT molecular complexity index is 811. The molecule has 1 aromatic heterocycles. The third-order valence-corrected chi connectivity index (χ3v) is 5.49. The van der Waals surface area contributed by atoms with Crippen LogP contribution in [-0.4, -0.2) is 48.8 Å². The van der Waals surface area contributed by atoms with E-state index in [1.165, 1.54) is 5.56 Å². The summed E-state index contributed by atoms with van der Waals surface area (Å²) in [6.07, 6.45) is 0.869. The molecule has 0 bridgehead atoms. The third kappa shape index (κ3) is 2.85. The molecule has 136 valence electrons. The number of rotatable bonds is 3. The number of aliphatic hydroxyl groups is 1. The zero-order valence-corrected chi connectivity index (χ0v) is 14.9. The van der Waals surface area contributed by atoms with Gasteiger partial charge in [-0.1, -0.05) is 36.4 Å². The quantitative estimate of drug-likeness (QED) is 0.770. The third-order valence-electron chi connectivity index (χ3n) is 5.49. The van der Waals surface area contributed by atoms with E-state index in [2.05, 4.69) is 20.5 Å². The Labute approximate surface area is 153 Å². The number of benzene rings is 1. The lowest BCUT2D eigenvalue weighted by molar-refractivity contribution is 0.0288. The van der Waals surface area contributed by atoms with Crippen LogP contribution in [0, 0.1) is 0 Å². The van der Waals surface area contributed by atoms with Crippen LogP contribution >= 0.6 is 0 Å². The highest BCUT2D eigenvalue weighted by Crippen LogP contribution is 2.32. The number of nitrogens with one attached hydrogen (secondary N) is 2. The Morgan fingerprint density at radius 3 is 2.88 bits per heavy atom. The van der Waals surface area contributed by atoms with Crippen LogP contribution in [0.4, 0.5) is 5.82 Å². The van der Waals surface area contributed by atoms with Crippen molar-refractivity contribution in [1.29, 1.82) is 0 Å². The Morgan fingerprint density at radius 1 is 1.31 bits per heavy atom. The van der Waals surface area contributed by atoms with Gasteiger partial charge in [0.1, 0.15) is 11.5 Å². The van der Waals surface area contributed by atoms with Gasteiger partial charge in [-0.2, -0.15) is 0 Å². The molecular formula is C20H24N4O2. The van der Waals surface area contributed by atoms with Gasteiger partial charge in [0.25, 0.3) is 5.91 Å². The van der Waals surface area contributed by atoms with Crippen molar-refractivity contribution < 1.29 is 9.90 Å². The largest absolute Gasteiger partial charge is 0.389 e. The van der Waals surface area contributed by atoms with E-state index < -0.39 is 11.6 Å². The summed E-state index contributed by atoms with van der Waals surface area (Å²) in [5.74, 6) is 0.621.